The Labute approximate surface area is 126 Å². The van der Waals surface area contributed by atoms with Gasteiger partial charge in [0.15, 0.2) is 0 Å². The molecule has 0 aliphatic rings. The van der Waals surface area contributed by atoms with E-state index in [1.54, 1.807) is 0 Å². The van der Waals surface area contributed by atoms with Crippen molar-refractivity contribution >= 4 is 34.2 Å². The molecule has 0 fully saturated rings. The third-order valence-corrected chi connectivity index (χ3v) is 4.13. The van der Waals surface area contributed by atoms with Gasteiger partial charge in [-0.25, -0.2) is 0 Å². The Morgan fingerprint density at radius 1 is 1.11 bits per heavy atom. The highest BCUT2D eigenvalue weighted by molar-refractivity contribution is 14.1. The van der Waals surface area contributed by atoms with Crippen LogP contribution in [0, 0.1) is 3.57 Å². The summed E-state index contributed by atoms with van der Waals surface area (Å²) in [5, 5.41) is -0.117. The monoisotopic (exact) mass is 372 g/mol. The Balaban J connectivity index is 2.23. The van der Waals surface area contributed by atoms with Gasteiger partial charge in [0, 0.05) is 3.57 Å². The Kier molecular flexibility index (Phi) is 4.89. The molecule has 1 atom stereocenters. The summed E-state index contributed by atoms with van der Waals surface area (Å²) in [4.78, 5) is 0. The lowest BCUT2D eigenvalue weighted by Gasteiger charge is -2.13. The van der Waals surface area contributed by atoms with Crippen LogP contribution in [0.25, 0.3) is 0 Å². The topological polar surface area (TPSA) is 9.23 Å². The van der Waals surface area contributed by atoms with Crippen molar-refractivity contribution in [2.24, 2.45) is 0 Å². The van der Waals surface area contributed by atoms with E-state index in [1.165, 1.54) is 3.57 Å². The normalized spacial score (nSPS) is 12.2. The minimum atomic E-state index is -0.117. The lowest BCUT2D eigenvalue weighted by molar-refractivity contribution is 0.340. The number of ether oxygens (including phenoxy) is 1. The molecule has 0 amide bonds. The van der Waals surface area contributed by atoms with Gasteiger partial charge in [0.1, 0.15) is 5.75 Å². The van der Waals surface area contributed by atoms with Crippen LogP contribution in [-0.2, 0) is 0 Å². The quantitative estimate of drug-likeness (QED) is 0.541. The van der Waals surface area contributed by atoms with E-state index in [9.17, 15) is 0 Å². The molecule has 94 valence electrons. The van der Waals surface area contributed by atoms with Gasteiger partial charge in [-0.1, -0.05) is 30.3 Å². The maximum absolute atomic E-state index is 6.52. The number of hydrogen-bond donors (Lipinski definition) is 0. The molecule has 0 heterocycles. The average molecular weight is 373 g/mol. The third kappa shape index (κ3) is 3.18. The summed E-state index contributed by atoms with van der Waals surface area (Å²) in [5.74, 6) is 0.882. The van der Waals surface area contributed by atoms with Gasteiger partial charge in [-0.2, -0.15) is 0 Å². The number of alkyl halides is 1. The van der Waals surface area contributed by atoms with Crippen LogP contribution < -0.4 is 4.74 Å². The number of halogens is 2. The van der Waals surface area contributed by atoms with E-state index in [0.29, 0.717) is 6.61 Å². The highest BCUT2D eigenvalue weighted by Gasteiger charge is 2.13. The fourth-order valence-corrected chi connectivity index (χ4v) is 2.98. The summed E-state index contributed by atoms with van der Waals surface area (Å²) in [7, 11) is 0. The summed E-state index contributed by atoms with van der Waals surface area (Å²) in [6.07, 6.45) is 0. The maximum Gasteiger partial charge on any atom is 0.119 e. The van der Waals surface area contributed by atoms with Crippen LogP contribution >= 0.6 is 34.2 Å². The first-order valence-electron chi connectivity index (χ1n) is 5.83. The molecule has 2 aromatic carbocycles. The van der Waals surface area contributed by atoms with Crippen LogP contribution in [0.4, 0.5) is 0 Å². The van der Waals surface area contributed by atoms with Crippen LogP contribution in [0.5, 0.6) is 5.75 Å². The largest absolute Gasteiger partial charge is 0.494 e. The average Bonchev–Trinajstić information content (AvgIpc) is 2.40. The van der Waals surface area contributed by atoms with Crippen LogP contribution in [0.3, 0.4) is 0 Å². The zero-order valence-corrected chi connectivity index (χ0v) is 13.0. The summed E-state index contributed by atoms with van der Waals surface area (Å²) < 4.78 is 6.61. The highest BCUT2D eigenvalue weighted by Crippen LogP contribution is 2.32. The lowest BCUT2D eigenvalue weighted by Crippen LogP contribution is -1.97. The molecule has 0 bridgehead atoms. The van der Waals surface area contributed by atoms with Crippen molar-refractivity contribution in [2.45, 2.75) is 12.3 Å². The molecule has 2 aromatic rings. The van der Waals surface area contributed by atoms with E-state index in [-0.39, 0.29) is 5.38 Å². The van der Waals surface area contributed by atoms with Crippen molar-refractivity contribution in [3.63, 3.8) is 0 Å². The van der Waals surface area contributed by atoms with Crippen molar-refractivity contribution in [1.82, 2.24) is 0 Å². The second kappa shape index (κ2) is 6.43. The van der Waals surface area contributed by atoms with Gasteiger partial charge in [-0.15, -0.1) is 11.6 Å². The minimum Gasteiger partial charge on any atom is -0.494 e. The fourth-order valence-electron chi connectivity index (χ4n) is 1.76. The molecule has 0 aliphatic carbocycles. The van der Waals surface area contributed by atoms with Crippen LogP contribution in [0.1, 0.15) is 23.4 Å². The zero-order chi connectivity index (χ0) is 13.0. The van der Waals surface area contributed by atoms with Crippen LogP contribution in [-0.4, -0.2) is 6.61 Å². The summed E-state index contributed by atoms with van der Waals surface area (Å²) in [5.41, 5.74) is 2.23. The van der Waals surface area contributed by atoms with Crippen LogP contribution in [0.2, 0.25) is 0 Å². The molecular formula is C15H14ClIO. The van der Waals surface area contributed by atoms with Gasteiger partial charge in [-0.05, 0) is 58.8 Å². The van der Waals surface area contributed by atoms with E-state index in [2.05, 4.69) is 34.7 Å². The van der Waals surface area contributed by atoms with Gasteiger partial charge in [0.25, 0.3) is 0 Å². The Hall–Kier alpha value is -0.740. The number of benzene rings is 2. The first kappa shape index (κ1) is 13.7. The van der Waals surface area contributed by atoms with Gasteiger partial charge >= 0.3 is 0 Å². The molecule has 1 unspecified atom stereocenters. The van der Waals surface area contributed by atoms with Crippen molar-refractivity contribution in [2.75, 3.05) is 6.61 Å². The molecule has 1 nitrogen and oxygen atoms in total. The summed E-state index contributed by atoms with van der Waals surface area (Å²) in [6, 6.07) is 16.1. The molecule has 0 saturated heterocycles. The van der Waals surface area contributed by atoms with Crippen molar-refractivity contribution in [3.8, 4) is 5.75 Å². The molecule has 0 radical (unpaired) electrons. The van der Waals surface area contributed by atoms with Gasteiger partial charge in [0.05, 0.1) is 12.0 Å². The fraction of sp³-hybridized carbons (Fsp3) is 0.200. The van der Waals surface area contributed by atoms with Crippen molar-refractivity contribution in [1.29, 1.82) is 0 Å². The number of rotatable bonds is 4. The van der Waals surface area contributed by atoms with Gasteiger partial charge in [0.2, 0.25) is 0 Å². The predicted molar refractivity (Wildman–Crippen MR) is 84.5 cm³/mol. The van der Waals surface area contributed by atoms with Crippen LogP contribution in [0.15, 0.2) is 48.5 Å². The standard InChI is InChI=1S/C15H14ClIO/c1-2-18-12-9-7-11(8-10-12)15(16)13-5-3-4-6-14(13)17/h3-10,15H,2H2,1H3. The molecule has 0 saturated carbocycles. The van der Waals surface area contributed by atoms with E-state index >= 15 is 0 Å². The molecule has 3 heteroatoms. The molecular weight excluding hydrogens is 359 g/mol. The smallest absolute Gasteiger partial charge is 0.119 e. The zero-order valence-electron chi connectivity index (χ0n) is 10.1. The summed E-state index contributed by atoms with van der Waals surface area (Å²) in [6.45, 7) is 2.66. The number of hydrogen-bond acceptors (Lipinski definition) is 1. The van der Waals surface area contributed by atoms with E-state index < -0.39 is 0 Å². The highest BCUT2D eigenvalue weighted by atomic mass is 127. The van der Waals surface area contributed by atoms with E-state index in [4.69, 9.17) is 16.3 Å². The lowest BCUT2D eigenvalue weighted by atomic mass is 10.0. The van der Waals surface area contributed by atoms with E-state index in [1.807, 2.05) is 43.3 Å². The molecule has 18 heavy (non-hydrogen) atoms. The minimum absolute atomic E-state index is 0.117. The molecule has 2 rings (SSSR count). The summed E-state index contributed by atoms with van der Waals surface area (Å²) >= 11 is 8.83. The molecule has 0 spiro atoms. The first-order valence-corrected chi connectivity index (χ1v) is 7.35. The van der Waals surface area contributed by atoms with Crippen molar-refractivity contribution in [3.05, 3.63) is 63.2 Å². The van der Waals surface area contributed by atoms with Crippen molar-refractivity contribution < 1.29 is 4.74 Å². The molecule has 0 N–H and O–H groups in total. The molecule has 0 aromatic heterocycles. The maximum atomic E-state index is 6.52. The SMILES string of the molecule is CCOc1ccc(C(Cl)c2ccccc2I)cc1. The second-order valence-electron chi connectivity index (χ2n) is 3.89. The second-order valence-corrected chi connectivity index (χ2v) is 5.48. The van der Waals surface area contributed by atoms with Gasteiger partial charge < -0.3 is 4.74 Å². The third-order valence-electron chi connectivity index (χ3n) is 2.66. The predicted octanol–water partition coefficient (Wildman–Crippen LogP) is 5.02. The Morgan fingerprint density at radius 2 is 1.78 bits per heavy atom. The Bertz CT molecular complexity index is 510. The Morgan fingerprint density at radius 3 is 2.39 bits per heavy atom. The van der Waals surface area contributed by atoms with E-state index in [0.717, 1.165) is 16.9 Å². The molecule has 0 aliphatic heterocycles. The van der Waals surface area contributed by atoms with Gasteiger partial charge in [-0.3, -0.25) is 0 Å². The first-order chi connectivity index (χ1) is 8.72.